The van der Waals surface area contributed by atoms with Crippen molar-refractivity contribution in [3.8, 4) is 5.75 Å². The van der Waals surface area contributed by atoms with E-state index in [-0.39, 0.29) is 48.9 Å². The first-order valence-electron chi connectivity index (χ1n) is 14.8. The molecule has 3 N–H and O–H groups in total. The van der Waals surface area contributed by atoms with Crippen molar-refractivity contribution in [1.29, 1.82) is 0 Å². The zero-order valence-electron chi connectivity index (χ0n) is 25.2. The van der Waals surface area contributed by atoms with Crippen LogP contribution in [0.15, 0.2) is 91.0 Å². The summed E-state index contributed by atoms with van der Waals surface area (Å²) >= 11 is 0. The summed E-state index contributed by atoms with van der Waals surface area (Å²) in [6.45, 7) is 4.11. The van der Waals surface area contributed by atoms with Crippen molar-refractivity contribution in [2.45, 2.75) is 32.4 Å². The Kier molecular flexibility index (Phi) is 9.45. The van der Waals surface area contributed by atoms with Crippen LogP contribution in [0.1, 0.15) is 29.8 Å². The molecule has 0 radical (unpaired) electrons. The molecule has 3 atom stereocenters. The Morgan fingerprint density at radius 1 is 1.00 bits per heavy atom. The Balaban J connectivity index is 1.36. The van der Waals surface area contributed by atoms with Gasteiger partial charge in [-0.1, -0.05) is 73.7 Å². The number of amides is 4. The molecule has 228 valence electrons. The largest absolute Gasteiger partial charge is 0.487 e. The van der Waals surface area contributed by atoms with Gasteiger partial charge in [-0.3, -0.25) is 9.59 Å². The van der Waals surface area contributed by atoms with E-state index < -0.39 is 12.1 Å². The molecule has 44 heavy (non-hydrogen) atoms. The van der Waals surface area contributed by atoms with Crippen molar-refractivity contribution < 1.29 is 24.2 Å². The first-order valence-corrected chi connectivity index (χ1v) is 14.8. The third-order valence-electron chi connectivity index (χ3n) is 7.99. The number of nitrogens with one attached hydrogen (secondary N) is 2. The molecule has 0 aliphatic carbocycles. The van der Waals surface area contributed by atoms with Crippen LogP contribution in [0.3, 0.4) is 0 Å². The number of rotatable bonds is 8. The van der Waals surface area contributed by atoms with Gasteiger partial charge in [0.25, 0.3) is 5.91 Å². The lowest BCUT2D eigenvalue weighted by molar-refractivity contribution is -0.115. The topological polar surface area (TPSA) is 111 Å². The van der Waals surface area contributed by atoms with Gasteiger partial charge in [0.05, 0.1) is 36.9 Å². The highest BCUT2D eigenvalue weighted by atomic mass is 16.5. The first kappa shape index (κ1) is 30.6. The lowest BCUT2D eigenvalue weighted by Gasteiger charge is -2.38. The third kappa shape index (κ3) is 7.01. The summed E-state index contributed by atoms with van der Waals surface area (Å²) in [5.74, 6) is -0.320. The highest BCUT2D eigenvalue weighted by Crippen LogP contribution is 2.31. The van der Waals surface area contributed by atoms with Gasteiger partial charge in [0, 0.05) is 30.6 Å². The quantitative estimate of drug-likeness (QED) is 0.253. The fraction of sp³-hybridized carbons (Fsp3) is 0.286. The standard InChI is InChI=1S/C35H38N4O5/c1-23-20-39(24(2)22-40)34(42)29-19-27(36-33(41)18-25-10-5-4-6-11-25)16-17-31(29)44-32(23)21-38(3)35(43)37-30-15-9-13-26-12-7-8-14-28(26)30/h4-17,19,23-24,32,40H,18,20-22H2,1-3H3,(H,36,41)(H,37,43)/t23-,24-,32+/m1/s1. The second kappa shape index (κ2) is 13.6. The van der Waals surface area contributed by atoms with Crippen molar-refractivity contribution in [3.05, 3.63) is 102 Å². The van der Waals surface area contributed by atoms with Crippen molar-refractivity contribution in [1.82, 2.24) is 9.80 Å². The Bertz CT molecular complexity index is 1640. The average molecular weight is 595 g/mol. The monoisotopic (exact) mass is 594 g/mol. The van der Waals surface area contributed by atoms with E-state index >= 15 is 0 Å². The van der Waals surface area contributed by atoms with Gasteiger partial charge in [0.1, 0.15) is 11.9 Å². The van der Waals surface area contributed by atoms with E-state index in [9.17, 15) is 19.5 Å². The number of hydrogen-bond donors (Lipinski definition) is 3. The van der Waals surface area contributed by atoms with Crippen LogP contribution >= 0.6 is 0 Å². The summed E-state index contributed by atoms with van der Waals surface area (Å²) in [5, 5.41) is 17.8. The SMILES string of the molecule is C[C@@H]1CN([C@H](C)CO)C(=O)c2cc(NC(=O)Cc3ccccc3)ccc2O[C@H]1CN(C)C(=O)Nc1cccc2ccccc12. The van der Waals surface area contributed by atoms with E-state index in [0.717, 1.165) is 16.3 Å². The van der Waals surface area contributed by atoms with Crippen LogP contribution in [0.4, 0.5) is 16.2 Å². The van der Waals surface area contributed by atoms with Crippen molar-refractivity contribution in [2.75, 3.05) is 37.4 Å². The van der Waals surface area contributed by atoms with E-state index in [4.69, 9.17) is 4.74 Å². The summed E-state index contributed by atoms with van der Waals surface area (Å²) in [4.78, 5) is 43.0. The molecule has 1 aliphatic heterocycles. The fourth-order valence-corrected chi connectivity index (χ4v) is 5.40. The maximum Gasteiger partial charge on any atom is 0.321 e. The Labute approximate surface area is 257 Å². The molecule has 0 spiro atoms. The lowest BCUT2D eigenvalue weighted by Crippen LogP contribution is -2.50. The van der Waals surface area contributed by atoms with E-state index in [2.05, 4.69) is 10.6 Å². The van der Waals surface area contributed by atoms with Crippen LogP contribution in [-0.2, 0) is 11.2 Å². The van der Waals surface area contributed by atoms with Crippen LogP contribution in [0, 0.1) is 5.92 Å². The zero-order chi connectivity index (χ0) is 31.2. The molecular weight excluding hydrogens is 556 g/mol. The maximum absolute atomic E-state index is 13.8. The number of carbonyl (C=O) groups excluding carboxylic acids is 3. The summed E-state index contributed by atoms with van der Waals surface area (Å²) in [6, 6.07) is 27.3. The highest BCUT2D eigenvalue weighted by Gasteiger charge is 2.34. The third-order valence-corrected chi connectivity index (χ3v) is 7.99. The molecule has 0 aromatic heterocycles. The second-order valence-electron chi connectivity index (χ2n) is 11.4. The van der Waals surface area contributed by atoms with Gasteiger partial charge in [0.2, 0.25) is 5.91 Å². The molecule has 0 unspecified atom stereocenters. The Morgan fingerprint density at radius 3 is 2.50 bits per heavy atom. The Morgan fingerprint density at radius 2 is 1.73 bits per heavy atom. The van der Waals surface area contributed by atoms with Gasteiger partial charge >= 0.3 is 6.03 Å². The van der Waals surface area contributed by atoms with Gasteiger partial charge < -0.3 is 30.3 Å². The molecule has 0 bridgehead atoms. The fourth-order valence-electron chi connectivity index (χ4n) is 5.40. The molecule has 5 rings (SSSR count). The van der Waals surface area contributed by atoms with Crippen molar-refractivity contribution >= 4 is 40.0 Å². The van der Waals surface area contributed by atoms with Crippen molar-refractivity contribution in [2.24, 2.45) is 5.92 Å². The number of urea groups is 1. The zero-order valence-corrected chi connectivity index (χ0v) is 25.2. The predicted molar refractivity (Wildman–Crippen MR) is 172 cm³/mol. The number of aliphatic hydroxyl groups excluding tert-OH is 1. The number of likely N-dealkylation sites (N-methyl/N-ethyl adjacent to an activating group) is 1. The molecule has 9 nitrogen and oxygen atoms in total. The van der Waals surface area contributed by atoms with E-state index in [1.165, 1.54) is 0 Å². The number of anilines is 2. The molecule has 0 saturated carbocycles. The minimum absolute atomic E-state index is 0.167. The molecule has 1 heterocycles. The first-order chi connectivity index (χ1) is 21.2. The second-order valence-corrected chi connectivity index (χ2v) is 11.4. The summed E-state index contributed by atoms with van der Waals surface area (Å²) in [7, 11) is 1.71. The van der Waals surface area contributed by atoms with Crippen molar-refractivity contribution in [3.63, 3.8) is 0 Å². The number of benzene rings is 4. The smallest absolute Gasteiger partial charge is 0.321 e. The van der Waals surface area contributed by atoms with Gasteiger partial charge in [-0.15, -0.1) is 0 Å². The number of aliphatic hydroxyl groups is 1. The molecular formula is C35H38N4O5. The molecule has 4 amide bonds. The maximum atomic E-state index is 13.8. The number of hydrogen-bond acceptors (Lipinski definition) is 5. The lowest BCUT2D eigenvalue weighted by atomic mass is 9.99. The van der Waals surface area contributed by atoms with Crippen LogP contribution in [0.25, 0.3) is 10.8 Å². The minimum atomic E-state index is -0.461. The summed E-state index contributed by atoms with van der Waals surface area (Å²) < 4.78 is 6.43. The summed E-state index contributed by atoms with van der Waals surface area (Å²) in [6.07, 6.45) is -0.264. The van der Waals surface area contributed by atoms with Crippen LogP contribution in [0.5, 0.6) is 5.75 Å². The number of fused-ring (bicyclic) bond motifs is 2. The van der Waals surface area contributed by atoms with Gasteiger partial charge in [-0.2, -0.15) is 0 Å². The molecule has 4 aromatic carbocycles. The number of carbonyl (C=O) groups is 3. The van der Waals surface area contributed by atoms with E-state index in [0.29, 0.717) is 23.7 Å². The number of nitrogens with zero attached hydrogens (tertiary/aromatic N) is 2. The highest BCUT2D eigenvalue weighted by molar-refractivity contribution is 6.02. The van der Waals surface area contributed by atoms with Crippen LogP contribution in [-0.4, -0.2) is 71.6 Å². The summed E-state index contributed by atoms with van der Waals surface area (Å²) in [5.41, 5.74) is 2.34. The van der Waals surface area contributed by atoms with Gasteiger partial charge in [-0.05, 0) is 42.1 Å². The Hall–Kier alpha value is -4.89. The molecule has 0 fully saturated rings. The number of ether oxygens (including phenoxy) is 1. The molecule has 9 heteroatoms. The average Bonchev–Trinajstić information content (AvgIpc) is 3.03. The van der Waals surface area contributed by atoms with Gasteiger partial charge in [0.15, 0.2) is 0 Å². The predicted octanol–water partition coefficient (Wildman–Crippen LogP) is 5.41. The normalized spacial score (nSPS) is 17.1. The van der Waals surface area contributed by atoms with E-state index in [1.54, 1.807) is 42.0 Å². The molecule has 1 aliphatic rings. The van der Waals surface area contributed by atoms with Crippen LogP contribution < -0.4 is 15.4 Å². The minimum Gasteiger partial charge on any atom is -0.487 e. The van der Waals surface area contributed by atoms with E-state index in [1.807, 2.05) is 79.7 Å². The molecule has 0 saturated heterocycles. The molecule has 4 aromatic rings. The van der Waals surface area contributed by atoms with Crippen LogP contribution in [0.2, 0.25) is 0 Å². The van der Waals surface area contributed by atoms with Gasteiger partial charge in [-0.25, -0.2) is 4.79 Å².